The summed E-state index contributed by atoms with van der Waals surface area (Å²) >= 11 is 1.69. The highest BCUT2D eigenvalue weighted by atomic mass is 32.1. The molecule has 124 valence electrons. The van der Waals surface area contributed by atoms with E-state index in [9.17, 15) is 0 Å². The molecule has 0 amide bonds. The fourth-order valence-corrected chi connectivity index (χ4v) is 4.27. The highest BCUT2D eigenvalue weighted by Crippen LogP contribution is 2.38. The van der Waals surface area contributed by atoms with E-state index in [-0.39, 0.29) is 6.04 Å². The summed E-state index contributed by atoms with van der Waals surface area (Å²) in [4.78, 5) is 16.0. The number of aromatic nitrogens is 5. The van der Waals surface area contributed by atoms with Crippen LogP contribution in [0.5, 0.6) is 0 Å². The van der Waals surface area contributed by atoms with Crippen LogP contribution in [0.15, 0.2) is 48.1 Å². The first kappa shape index (κ1) is 14.5. The third kappa shape index (κ3) is 2.47. The number of hydrogen-bond donors (Lipinski definition) is 1. The molecule has 25 heavy (non-hydrogen) atoms. The number of aromatic amines is 1. The summed E-state index contributed by atoms with van der Waals surface area (Å²) in [6.45, 7) is 0.968. The highest BCUT2D eigenvalue weighted by Gasteiger charge is 2.31. The van der Waals surface area contributed by atoms with E-state index < -0.39 is 0 Å². The van der Waals surface area contributed by atoms with Gasteiger partial charge in [0.05, 0.1) is 16.3 Å². The number of hydrogen-bond acceptors (Lipinski definition) is 6. The van der Waals surface area contributed by atoms with E-state index in [1.54, 1.807) is 17.7 Å². The highest BCUT2D eigenvalue weighted by molar-refractivity contribution is 7.17. The molecule has 5 rings (SSSR count). The summed E-state index contributed by atoms with van der Waals surface area (Å²) < 4.78 is 1.14. The predicted molar refractivity (Wildman–Crippen MR) is 98.6 cm³/mol. The molecule has 0 saturated carbocycles. The molecule has 3 aromatic heterocycles. The predicted octanol–water partition coefficient (Wildman–Crippen LogP) is 3.82. The molecule has 7 heteroatoms. The van der Waals surface area contributed by atoms with Gasteiger partial charge in [-0.3, -0.25) is 5.10 Å². The average molecular weight is 348 g/mol. The third-order valence-corrected chi connectivity index (χ3v) is 5.50. The second-order valence-corrected chi connectivity index (χ2v) is 7.01. The quantitative estimate of drug-likeness (QED) is 0.609. The Hall–Kier alpha value is -2.80. The third-order valence-electron chi connectivity index (χ3n) is 4.60. The van der Waals surface area contributed by atoms with Gasteiger partial charge in [0.1, 0.15) is 12.2 Å². The van der Waals surface area contributed by atoms with Gasteiger partial charge in [0.25, 0.3) is 0 Å². The lowest BCUT2D eigenvalue weighted by molar-refractivity contribution is 0.666. The molecule has 4 heterocycles. The number of benzene rings is 1. The molecule has 1 unspecified atom stereocenters. The van der Waals surface area contributed by atoms with Crippen molar-refractivity contribution in [1.82, 2.24) is 25.1 Å². The fraction of sp³-hybridized carbons (Fsp3) is 0.222. The van der Waals surface area contributed by atoms with Crippen molar-refractivity contribution >= 4 is 27.4 Å². The standard InChI is InChI=1S/C18H16N6S/c1-2-5-12(6-3-1)16-21-17(23-22-16)14-7-4-9-24(14)18-15-13(8-10-25-15)19-11-20-18/h1-3,5-6,8,10-11,14H,4,7,9H2,(H,21,22,23). The number of nitrogens with zero attached hydrogens (tertiary/aromatic N) is 5. The molecule has 0 radical (unpaired) electrons. The molecule has 1 saturated heterocycles. The zero-order valence-electron chi connectivity index (χ0n) is 13.5. The monoisotopic (exact) mass is 348 g/mol. The van der Waals surface area contributed by atoms with Gasteiger partial charge >= 0.3 is 0 Å². The van der Waals surface area contributed by atoms with Crippen molar-refractivity contribution in [2.75, 3.05) is 11.4 Å². The minimum atomic E-state index is 0.171. The lowest BCUT2D eigenvalue weighted by atomic mass is 10.2. The number of anilines is 1. The molecule has 1 aliphatic rings. The van der Waals surface area contributed by atoms with E-state index >= 15 is 0 Å². The lowest BCUT2D eigenvalue weighted by Gasteiger charge is -2.24. The van der Waals surface area contributed by atoms with E-state index in [4.69, 9.17) is 4.98 Å². The Labute approximate surface area is 148 Å². The average Bonchev–Trinajstić information content (AvgIpc) is 3.40. The van der Waals surface area contributed by atoms with Crippen molar-refractivity contribution in [1.29, 1.82) is 0 Å². The largest absolute Gasteiger partial charge is 0.345 e. The van der Waals surface area contributed by atoms with Crippen LogP contribution >= 0.6 is 11.3 Å². The van der Waals surface area contributed by atoms with Crippen molar-refractivity contribution in [2.45, 2.75) is 18.9 Å². The Morgan fingerprint density at radius 1 is 1.12 bits per heavy atom. The van der Waals surface area contributed by atoms with Gasteiger partial charge in [0.2, 0.25) is 0 Å². The van der Waals surface area contributed by atoms with Gasteiger partial charge in [-0.1, -0.05) is 30.3 Å². The SMILES string of the molecule is c1ccc(-c2n[nH]c(C3CCCN3c3ncnc4ccsc34)n2)cc1. The van der Waals surface area contributed by atoms with Crippen LogP contribution in [0.3, 0.4) is 0 Å². The van der Waals surface area contributed by atoms with Crippen LogP contribution in [0.4, 0.5) is 5.82 Å². The Morgan fingerprint density at radius 2 is 2.04 bits per heavy atom. The molecule has 0 spiro atoms. The molecular formula is C18H16N6S. The van der Waals surface area contributed by atoms with E-state index in [1.807, 2.05) is 36.4 Å². The first-order valence-corrected chi connectivity index (χ1v) is 9.21. The Balaban J connectivity index is 1.52. The zero-order valence-corrected chi connectivity index (χ0v) is 14.3. The summed E-state index contributed by atoms with van der Waals surface area (Å²) in [6.07, 6.45) is 3.80. The Kier molecular flexibility index (Phi) is 3.45. The molecule has 1 aliphatic heterocycles. The molecule has 6 nitrogen and oxygen atoms in total. The minimum Gasteiger partial charge on any atom is -0.345 e. The van der Waals surface area contributed by atoms with E-state index in [0.29, 0.717) is 0 Å². The first-order valence-electron chi connectivity index (χ1n) is 8.33. The van der Waals surface area contributed by atoms with Gasteiger partial charge < -0.3 is 4.90 Å². The minimum absolute atomic E-state index is 0.171. The number of rotatable bonds is 3. The summed E-state index contributed by atoms with van der Waals surface area (Å²) in [6, 6.07) is 12.3. The molecule has 4 aromatic rings. The van der Waals surface area contributed by atoms with Crippen molar-refractivity contribution in [2.24, 2.45) is 0 Å². The van der Waals surface area contributed by atoms with Gasteiger partial charge in [-0.2, -0.15) is 5.10 Å². The van der Waals surface area contributed by atoms with Crippen LogP contribution in [-0.2, 0) is 0 Å². The number of H-pyrrole nitrogens is 1. The van der Waals surface area contributed by atoms with Gasteiger partial charge in [0, 0.05) is 12.1 Å². The zero-order chi connectivity index (χ0) is 16.6. The van der Waals surface area contributed by atoms with Crippen molar-refractivity contribution < 1.29 is 0 Å². The van der Waals surface area contributed by atoms with Crippen LogP contribution in [0.1, 0.15) is 24.7 Å². The number of thiophene rings is 1. The molecular weight excluding hydrogens is 332 g/mol. The number of nitrogens with one attached hydrogen (secondary N) is 1. The van der Waals surface area contributed by atoms with Crippen LogP contribution in [0.2, 0.25) is 0 Å². The van der Waals surface area contributed by atoms with Gasteiger partial charge in [0.15, 0.2) is 11.6 Å². The molecule has 0 aliphatic carbocycles. The normalized spacial score (nSPS) is 17.4. The van der Waals surface area contributed by atoms with Crippen molar-refractivity contribution in [3.8, 4) is 11.4 Å². The fourth-order valence-electron chi connectivity index (χ4n) is 3.42. The molecule has 1 aromatic carbocycles. The van der Waals surface area contributed by atoms with Crippen LogP contribution < -0.4 is 4.90 Å². The summed E-state index contributed by atoms with van der Waals surface area (Å²) in [7, 11) is 0. The second-order valence-electron chi connectivity index (χ2n) is 6.09. The molecule has 0 bridgehead atoms. The van der Waals surface area contributed by atoms with Gasteiger partial charge in [-0.15, -0.1) is 11.3 Å². The lowest BCUT2D eigenvalue weighted by Crippen LogP contribution is -2.24. The number of fused-ring (bicyclic) bond motifs is 1. The maximum atomic E-state index is 4.76. The maximum Gasteiger partial charge on any atom is 0.181 e. The summed E-state index contributed by atoms with van der Waals surface area (Å²) in [5.74, 6) is 2.64. The van der Waals surface area contributed by atoms with Gasteiger partial charge in [-0.05, 0) is 24.3 Å². The van der Waals surface area contributed by atoms with Crippen molar-refractivity contribution in [3.63, 3.8) is 0 Å². The van der Waals surface area contributed by atoms with E-state index in [1.165, 1.54) is 0 Å². The van der Waals surface area contributed by atoms with Gasteiger partial charge in [-0.25, -0.2) is 15.0 Å². The van der Waals surface area contributed by atoms with Crippen molar-refractivity contribution in [3.05, 3.63) is 53.9 Å². The second kappa shape index (κ2) is 5.93. The Morgan fingerprint density at radius 3 is 2.96 bits per heavy atom. The smallest absolute Gasteiger partial charge is 0.181 e. The Bertz CT molecular complexity index is 1010. The van der Waals surface area contributed by atoms with E-state index in [2.05, 4.69) is 30.4 Å². The molecule has 1 atom stereocenters. The molecule has 1 N–H and O–H groups in total. The summed E-state index contributed by atoms with van der Waals surface area (Å²) in [5.41, 5.74) is 2.03. The maximum absolute atomic E-state index is 4.76. The molecule has 1 fully saturated rings. The van der Waals surface area contributed by atoms with Crippen LogP contribution in [0, 0.1) is 0 Å². The summed E-state index contributed by atoms with van der Waals surface area (Å²) in [5, 5.41) is 9.63. The topological polar surface area (TPSA) is 70.6 Å². The van der Waals surface area contributed by atoms with E-state index in [0.717, 1.165) is 52.6 Å². The van der Waals surface area contributed by atoms with Crippen LogP contribution in [-0.4, -0.2) is 31.7 Å². The first-order chi connectivity index (χ1) is 12.4. The van der Waals surface area contributed by atoms with Crippen LogP contribution in [0.25, 0.3) is 21.6 Å².